The fraction of sp³-hybridized carbons (Fsp3) is 0.562. The summed E-state index contributed by atoms with van der Waals surface area (Å²) in [6, 6.07) is 9.46. The van der Waals surface area contributed by atoms with E-state index in [1.807, 2.05) is 0 Å². The fourth-order valence-corrected chi connectivity index (χ4v) is 3.48. The Morgan fingerprint density at radius 3 is 2.42 bits per heavy atom. The zero-order chi connectivity index (χ0) is 13.4. The van der Waals surface area contributed by atoms with Gasteiger partial charge in [-0.15, -0.1) is 0 Å². The van der Waals surface area contributed by atoms with Gasteiger partial charge in [0.05, 0.1) is 0 Å². The summed E-state index contributed by atoms with van der Waals surface area (Å²) in [7, 11) is 2.17. The number of hydrogen-bond acceptors (Lipinski definition) is 3. The minimum absolute atomic E-state index is 0.393. The van der Waals surface area contributed by atoms with Crippen LogP contribution in [0.5, 0.6) is 0 Å². The summed E-state index contributed by atoms with van der Waals surface area (Å²) in [5.74, 6) is 0.441. The van der Waals surface area contributed by atoms with Crippen LogP contribution in [0.4, 0.5) is 5.69 Å². The second kappa shape index (κ2) is 4.97. The average molecular weight is 258 g/mol. The predicted molar refractivity (Wildman–Crippen MR) is 77.6 cm³/mol. The maximum absolute atomic E-state index is 11.7. The first-order valence-electron chi connectivity index (χ1n) is 7.25. The molecule has 102 valence electrons. The summed E-state index contributed by atoms with van der Waals surface area (Å²) in [6.07, 6.45) is 2.51. The van der Waals surface area contributed by atoms with Crippen molar-refractivity contribution in [3.8, 4) is 0 Å². The molecule has 3 heteroatoms. The Kier molecular flexibility index (Phi) is 3.31. The van der Waals surface area contributed by atoms with Crippen LogP contribution in [-0.4, -0.2) is 42.9 Å². The maximum atomic E-state index is 11.7. The maximum Gasteiger partial charge on any atom is 0.136 e. The lowest BCUT2D eigenvalue weighted by atomic mass is 9.90. The van der Waals surface area contributed by atoms with Gasteiger partial charge in [0.1, 0.15) is 5.78 Å². The van der Waals surface area contributed by atoms with Crippen molar-refractivity contribution in [2.75, 3.05) is 25.0 Å². The summed E-state index contributed by atoms with van der Waals surface area (Å²) >= 11 is 0. The average Bonchev–Trinajstić information content (AvgIpc) is 2.40. The van der Waals surface area contributed by atoms with Crippen molar-refractivity contribution in [3.05, 3.63) is 29.8 Å². The molecule has 0 radical (unpaired) electrons. The predicted octanol–water partition coefficient (Wildman–Crippen LogP) is 2.10. The monoisotopic (exact) mass is 258 g/mol. The molecule has 1 aromatic rings. The van der Waals surface area contributed by atoms with E-state index in [0.717, 1.165) is 32.4 Å². The molecule has 2 aliphatic heterocycles. The van der Waals surface area contributed by atoms with E-state index in [4.69, 9.17) is 0 Å². The molecule has 0 amide bonds. The first-order chi connectivity index (χ1) is 9.19. The molecular formula is C16H22N2O. The number of nitrogens with zero attached hydrogens (tertiary/aromatic N) is 2. The molecular weight excluding hydrogens is 236 g/mol. The Labute approximate surface area is 115 Å². The van der Waals surface area contributed by atoms with Crippen molar-refractivity contribution in [2.24, 2.45) is 0 Å². The number of ketones is 1. The number of Topliss-reactive ketones (excluding diaryl/α,β-unsaturated/α-hetero) is 1. The molecule has 2 saturated heterocycles. The zero-order valence-corrected chi connectivity index (χ0v) is 11.8. The molecule has 0 N–H and O–H groups in total. The summed E-state index contributed by atoms with van der Waals surface area (Å²) < 4.78 is 0. The van der Waals surface area contributed by atoms with Gasteiger partial charge < -0.3 is 4.90 Å². The highest BCUT2D eigenvalue weighted by atomic mass is 16.1. The second-order valence-electron chi connectivity index (χ2n) is 5.81. The summed E-state index contributed by atoms with van der Waals surface area (Å²) in [6.45, 7) is 4.17. The van der Waals surface area contributed by atoms with Crippen LogP contribution in [0.25, 0.3) is 0 Å². The Balaban J connectivity index is 1.86. The van der Waals surface area contributed by atoms with Crippen molar-refractivity contribution in [1.82, 2.24) is 4.90 Å². The topological polar surface area (TPSA) is 23.6 Å². The van der Waals surface area contributed by atoms with Crippen LogP contribution in [0.1, 0.15) is 25.3 Å². The Hall–Kier alpha value is -1.35. The van der Waals surface area contributed by atoms with Crippen molar-refractivity contribution >= 4 is 11.5 Å². The van der Waals surface area contributed by atoms with E-state index in [1.165, 1.54) is 11.3 Å². The molecule has 19 heavy (non-hydrogen) atoms. The zero-order valence-electron chi connectivity index (χ0n) is 11.8. The number of benzene rings is 1. The van der Waals surface area contributed by atoms with Crippen molar-refractivity contribution in [3.63, 3.8) is 0 Å². The van der Waals surface area contributed by atoms with E-state index in [-0.39, 0.29) is 0 Å². The van der Waals surface area contributed by atoms with E-state index in [1.54, 1.807) is 0 Å². The van der Waals surface area contributed by atoms with Gasteiger partial charge in [-0.25, -0.2) is 0 Å². The molecule has 0 aromatic heterocycles. The van der Waals surface area contributed by atoms with Crippen LogP contribution in [-0.2, 0) is 11.2 Å². The van der Waals surface area contributed by atoms with Crippen LogP contribution >= 0.6 is 0 Å². The van der Waals surface area contributed by atoms with Gasteiger partial charge in [0.2, 0.25) is 0 Å². The minimum atomic E-state index is 0.393. The van der Waals surface area contributed by atoms with Gasteiger partial charge in [-0.05, 0) is 25.1 Å². The van der Waals surface area contributed by atoms with Gasteiger partial charge in [0, 0.05) is 43.7 Å². The van der Waals surface area contributed by atoms with E-state index < -0.39 is 0 Å². The minimum Gasteiger partial charge on any atom is -0.368 e. The Bertz CT molecular complexity index is 467. The molecule has 2 aliphatic rings. The first kappa shape index (κ1) is 12.7. The van der Waals surface area contributed by atoms with E-state index >= 15 is 0 Å². The highest BCUT2D eigenvalue weighted by Crippen LogP contribution is 2.30. The molecule has 2 bridgehead atoms. The molecule has 1 aromatic carbocycles. The van der Waals surface area contributed by atoms with E-state index in [0.29, 0.717) is 17.9 Å². The molecule has 0 spiro atoms. The summed E-state index contributed by atoms with van der Waals surface area (Å²) in [5.41, 5.74) is 2.78. The number of hydrogen-bond donors (Lipinski definition) is 0. The number of fused-ring (bicyclic) bond motifs is 2. The fourth-order valence-electron chi connectivity index (χ4n) is 3.48. The van der Waals surface area contributed by atoms with Crippen molar-refractivity contribution in [2.45, 2.75) is 38.3 Å². The van der Waals surface area contributed by atoms with Gasteiger partial charge in [-0.1, -0.05) is 25.1 Å². The molecule has 2 atom stereocenters. The normalized spacial score (nSPS) is 27.7. The third-order valence-electron chi connectivity index (χ3n) is 4.65. The molecule has 2 heterocycles. The number of rotatable bonds is 2. The third-order valence-corrected chi connectivity index (χ3v) is 4.65. The van der Waals surface area contributed by atoms with Crippen LogP contribution in [0, 0.1) is 0 Å². The lowest BCUT2D eigenvalue weighted by Gasteiger charge is -2.49. The molecule has 0 aliphatic carbocycles. The number of piperazine rings is 1. The van der Waals surface area contributed by atoms with Crippen LogP contribution in [0.3, 0.4) is 0 Å². The standard InChI is InChI=1S/C16H22N2O/c1-3-12-6-4-5-7-16(12)18-10-13-8-15(19)9-14(11-18)17(13)2/h4-7,13-14H,3,8-11H2,1-2H3. The van der Waals surface area contributed by atoms with Crippen LogP contribution < -0.4 is 4.90 Å². The lowest BCUT2D eigenvalue weighted by molar-refractivity contribution is -0.125. The van der Waals surface area contributed by atoms with Gasteiger partial charge >= 0.3 is 0 Å². The number of aryl methyl sites for hydroxylation is 1. The molecule has 3 rings (SSSR count). The van der Waals surface area contributed by atoms with Gasteiger partial charge in [-0.3, -0.25) is 9.69 Å². The molecule has 2 fully saturated rings. The Morgan fingerprint density at radius 1 is 1.16 bits per heavy atom. The SMILES string of the molecule is CCc1ccccc1N1CC2CC(=O)CC(C1)N2C. The highest BCUT2D eigenvalue weighted by Gasteiger charge is 2.38. The lowest BCUT2D eigenvalue weighted by Crippen LogP contribution is -2.61. The number of para-hydroxylation sites is 1. The summed E-state index contributed by atoms with van der Waals surface area (Å²) in [5, 5.41) is 0. The van der Waals surface area contributed by atoms with Crippen molar-refractivity contribution in [1.29, 1.82) is 0 Å². The highest BCUT2D eigenvalue weighted by molar-refractivity contribution is 5.81. The number of carbonyl (C=O) groups is 1. The van der Waals surface area contributed by atoms with E-state index in [2.05, 4.69) is 48.0 Å². The van der Waals surface area contributed by atoms with Gasteiger partial charge in [-0.2, -0.15) is 0 Å². The molecule has 0 saturated carbocycles. The number of anilines is 1. The van der Waals surface area contributed by atoms with E-state index in [9.17, 15) is 4.79 Å². The number of piperidine rings is 1. The first-order valence-corrected chi connectivity index (χ1v) is 7.25. The summed E-state index contributed by atoms with van der Waals surface area (Å²) in [4.78, 5) is 16.6. The van der Waals surface area contributed by atoms with Crippen LogP contribution in [0.15, 0.2) is 24.3 Å². The number of likely N-dealkylation sites (N-methyl/N-ethyl adjacent to an activating group) is 1. The largest absolute Gasteiger partial charge is 0.368 e. The third kappa shape index (κ3) is 2.27. The van der Waals surface area contributed by atoms with Gasteiger partial charge in [0.15, 0.2) is 0 Å². The van der Waals surface area contributed by atoms with Gasteiger partial charge in [0.25, 0.3) is 0 Å². The van der Waals surface area contributed by atoms with Crippen molar-refractivity contribution < 1.29 is 4.79 Å². The number of carbonyl (C=O) groups excluding carboxylic acids is 1. The molecule has 2 unspecified atom stereocenters. The molecule has 3 nitrogen and oxygen atoms in total. The Morgan fingerprint density at radius 2 is 1.79 bits per heavy atom. The van der Waals surface area contributed by atoms with Crippen LogP contribution in [0.2, 0.25) is 0 Å². The quantitative estimate of drug-likeness (QED) is 0.811. The second-order valence-corrected chi connectivity index (χ2v) is 5.81. The smallest absolute Gasteiger partial charge is 0.136 e.